The molecule has 0 atom stereocenters. The fraction of sp³-hybridized carbons (Fsp3) is 0.818. The fourth-order valence-corrected chi connectivity index (χ4v) is 1.97. The van der Waals surface area contributed by atoms with Crippen molar-refractivity contribution < 1.29 is 14.3 Å². The highest BCUT2D eigenvalue weighted by Gasteiger charge is 2.48. The molecular formula is C11H19N3O3. The minimum Gasteiger partial charge on any atom is -0.450 e. The summed E-state index contributed by atoms with van der Waals surface area (Å²) in [6.45, 7) is 4.32. The lowest BCUT2D eigenvalue weighted by molar-refractivity contribution is -0.135. The summed E-state index contributed by atoms with van der Waals surface area (Å²) < 4.78 is 4.92. The zero-order valence-corrected chi connectivity index (χ0v) is 10.1. The molecule has 0 spiro atoms. The zero-order chi connectivity index (χ0) is 12.5. The van der Waals surface area contributed by atoms with Gasteiger partial charge in [-0.2, -0.15) is 0 Å². The highest BCUT2D eigenvalue weighted by Crippen LogP contribution is 2.34. The topological polar surface area (TPSA) is 75.9 Å². The van der Waals surface area contributed by atoms with Gasteiger partial charge in [-0.05, 0) is 19.8 Å². The quantitative estimate of drug-likeness (QED) is 0.725. The Kier molecular flexibility index (Phi) is 3.24. The predicted octanol–water partition coefficient (Wildman–Crippen LogP) is -0.222. The minimum atomic E-state index is -0.605. The van der Waals surface area contributed by atoms with Crippen molar-refractivity contribution >= 4 is 12.0 Å². The molecule has 17 heavy (non-hydrogen) atoms. The molecule has 2 aliphatic rings. The molecule has 0 unspecified atom stereocenters. The summed E-state index contributed by atoms with van der Waals surface area (Å²) in [6.07, 6.45) is 1.27. The second kappa shape index (κ2) is 4.52. The molecule has 96 valence electrons. The van der Waals surface area contributed by atoms with Gasteiger partial charge in [0.25, 0.3) is 0 Å². The Morgan fingerprint density at radius 2 is 1.71 bits per heavy atom. The van der Waals surface area contributed by atoms with Gasteiger partial charge in [0, 0.05) is 26.2 Å². The van der Waals surface area contributed by atoms with E-state index in [9.17, 15) is 9.59 Å². The molecule has 0 aromatic heterocycles. The number of amides is 2. The standard InChI is InChI=1S/C11H19N3O3/c1-2-17-10(16)14-7-5-13(6-8-14)9(15)11(12)3-4-11/h2-8,12H2,1H3. The van der Waals surface area contributed by atoms with Gasteiger partial charge in [0.1, 0.15) is 0 Å². The fourth-order valence-electron chi connectivity index (χ4n) is 1.97. The van der Waals surface area contributed by atoms with Gasteiger partial charge < -0.3 is 20.3 Å². The highest BCUT2D eigenvalue weighted by atomic mass is 16.6. The van der Waals surface area contributed by atoms with E-state index in [0.29, 0.717) is 32.8 Å². The van der Waals surface area contributed by atoms with Gasteiger partial charge in [-0.15, -0.1) is 0 Å². The molecule has 6 nitrogen and oxygen atoms in total. The van der Waals surface area contributed by atoms with Crippen molar-refractivity contribution in [3.63, 3.8) is 0 Å². The molecule has 2 fully saturated rings. The zero-order valence-electron chi connectivity index (χ0n) is 10.1. The first-order valence-corrected chi connectivity index (χ1v) is 6.07. The van der Waals surface area contributed by atoms with E-state index in [2.05, 4.69) is 0 Å². The maximum Gasteiger partial charge on any atom is 0.409 e. The second-order valence-electron chi connectivity index (χ2n) is 4.63. The molecule has 1 aliphatic carbocycles. The Bertz CT molecular complexity index is 320. The van der Waals surface area contributed by atoms with E-state index >= 15 is 0 Å². The van der Waals surface area contributed by atoms with Crippen molar-refractivity contribution in [2.24, 2.45) is 5.73 Å². The van der Waals surface area contributed by atoms with Crippen molar-refractivity contribution in [2.45, 2.75) is 25.3 Å². The number of carbonyl (C=O) groups is 2. The Morgan fingerprint density at radius 1 is 1.18 bits per heavy atom. The molecule has 0 aromatic rings. The lowest BCUT2D eigenvalue weighted by Gasteiger charge is -2.35. The maximum absolute atomic E-state index is 12.0. The number of carbonyl (C=O) groups excluding carboxylic acids is 2. The first-order chi connectivity index (χ1) is 8.07. The SMILES string of the molecule is CCOC(=O)N1CCN(C(=O)C2(N)CC2)CC1. The third kappa shape index (κ3) is 2.52. The summed E-state index contributed by atoms with van der Waals surface area (Å²) in [4.78, 5) is 26.8. The molecule has 0 aromatic carbocycles. The molecule has 0 bridgehead atoms. The van der Waals surface area contributed by atoms with Crippen LogP contribution < -0.4 is 5.73 Å². The third-order valence-corrected chi connectivity index (χ3v) is 3.31. The monoisotopic (exact) mass is 241 g/mol. The van der Waals surface area contributed by atoms with Crippen LogP contribution in [0.2, 0.25) is 0 Å². The Hall–Kier alpha value is -1.30. The van der Waals surface area contributed by atoms with Crippen molar-refractivity contribution in [3.05, 3.63) is 0 Å². The molecule has 2 amide bonds. The Labute approximate surface area is 101 Å². The molecule has 2 N–H and O–H groups in total. The van der Waals surface area contributed by atoms with Crippen molar-refractivity contribution in [1.29, 1.82) is 0 Å². The van der Waals surface area contributed by atoms with E-state index < -0.39 is 5.54 Å². The predicted molar refractivity (Wildman–Crippen MR) is 61.3 cm³/mol. The van der Waals surface area contributed by atoms with Crippen LogP contribution >= 0.6 is 0 Å². The number of hydrogen-bond donors (Lipinski definition) is 1. The minimum absolute atomic E-state index is 0.0287. The molecule has 2 rings (SSSR count). The van der Waals surface area contributed by atoms with E-state index in [1.165, 1.54) is 0 Å². The molecule has 1 saturated carbocycles. The molecule has 1 aliphatic heterocycles. The number of nitrogens with two attached hydrogens (primary N) is 1. The molecule has 6 heteroatoms. The highest BCUT2D eigenvalue weighted by molar-refractivity contribution is 5.89. The summed E-state index contributed by atoms with van der Waals surface area (Å²) in [5.41, 5.74) is 5.26. The maximum atomic E-state index is 12.0. The van der Waals surface area contributed by atoms with Gasteiger partial charge >= 0.3 is 6.09 Å². The molecule has 1 saturated heterocycles. The first kappa shape index (κ1) is 12.2. The van der Waals surface area contributed by atoms with Crippen molar-refractivity contribution in [1.82, 2.24) is 9.80 Å². The van der Waals surface area contributed by atoms with Crippen LogP contribution in [0, 0.1) is 0 Å². The van der Waals surface area contributed by atoms with Gasteiger partial charge in [0.2, 0.25) is 5.91 Å². The first-order valence-electron chi connectivity index (χ1n) is 6.07. The Balaban J connectivity index is 1.82. The van der Waals surface area contributed by atoms with Gasteiger partial charge in [0.15, 0.2) is 0 Å². The van der Waals surface area contributed by atoms with Crippen LogP contribution in [-0.4, -0.2) is 60.1 Å². The van der Waals surface area contributed by atoms with Crippen LogP contribution in [0.5, 0.6) is 0 Å². The molecular weight excluding hydrogens is 222 g/mol. The number of piperazine rings is 1. The summed E-state index contributed by atoms with van der Waals surface area (Å²) in [5, 5.41) is 0. The van der Waals surface area contributed by atoms with E-state index in [-0.39, 0.29) is 12.0 Å². The summed E-state index contributed by atoms with van der Waals surface area (Å²) in [5.74, 6) is 0.0287. The lowest BCUT2D eigenvalue weighted by Crippen LogP contribution is -2.55. The van der Waals surface area contributed by atoms with E-state index in [1.54, 1.807) is 16.7 Å². The number of nitrogens with zero attached hydrogens (tertiary/aromatic N) is 2. The van der Waals surface area contributed by atoms with Crippen LogP contribution in [0.25, 0.3) is 0 Å². The van der Waals surface area contributed by atoms with Gasteiger partial charge in [-0.3, -0.25) is 4.79 Å². The van der Waals surface area contributed by atoms with Gasteiger partial charge in [0.05, 0.1) is 12.1 Å². The second-order valence-corrected chi connectivity index (χ2v) is 4.63. The average molecular weight is 241 g/mol. The molecule has 1 heterocycles. The van der Waals surface area contributed by atoms with Crippen molar-refractivity contribution in [2.75, 3.05) is 32.8 Å². The molecule has 0 radical (unpaired) electrons. The van der Waals surface area contributed by atoms with Crippen LogP contribution in [0.4, 0.5) is 4.79 Å². The number of ether oxygens (including phenoxy) is 1. The average Bonchev–Trinajstić information content (AvgIpc) is 3.08. The van der Waals surface area contributed by atoms with E-state index in [0.717, 1.165) is 12.8 Å². The van der Waals surface area contributed by atoms with Crippen LogP contribution in [0.15, 0.2) is 0 Å². The third-order valence-electron chi connectivity index (χ3n) is 3.31. The van der Waals surface area contributed by atoms with Crippen LogP contribution in [0.1, 0.15) is 19.8 Å². The number of hydrogen-bond acceptors (Lipinski definition) is 4. The van der Waals surface area contributed by atoms with Gasteiger partial charge in [-0.1, -0.05) is 0 Å². The number of rotatable bonds is 2. The van der Waals surface area contributed by atoms with Crippen LogP contribution in [0.3, 0.4) is 0 Å². The van der Waals surface area contributed by atoms with Crippen LogP contribution in [-0.2, 0) is 9.53 Å². The summed E-state index contributed by atoms with van der Waals surface area (Å²) in [7, 11) is 0. The normalized spacial score (nSPS) is 22.2. The van der Waals surface area contributed by atoms with E-state index in [1.807, 2.05) is 0 Å². The summed E-state index contributed by atoms with van der Waals surface area (Å²) in [6, 6.07) is 0. The largest absolute Gasteiger partial charge is 0.450 e. The smallest absolute Gasteiger partial charge is 0.409 e. The van der Waals surface area contributed by atoms with Crippen molar-refractivity contribution in [3.8, 4) is 0 Å². The lowest BCUT2D eigenvalue weighted by atomic mass is 10.2. The van der Waals surface area contributed by atoms with E-state index in [4.69, 9.17) is 10.5 Å². The Morgan fingerprint density at radius 3 is 2.18 bits per heavy atom. The summed E-state index contributed by atoms with van der Waals surface area (Å²) >= 11 is 0. The van der Waals surface area contributed by atoms with Gasteiger partial charge in [-0.25, -0.2) is 4.79 Å².